The summed E-state index contributed by atoms with van der Waals surface area (Å²) < 4.78 is 0. The molecular formula is C13H17N3S. The summed E-state index contributed by atoms with van der Waals surface area (Å²) in [7, 11) is 0. The minimum absolute atomic E-state index is 0.881. The second kappa shape index (κ2) is 5.27. The molecule has 0 atom stereocenters. The maximum absolute atomic E-state index is 4.43. The average molecular weight is 247 g/mol. The molecule has 0 spiro atoms. The second-order valence-electron chi connectivity index (χ2n) is 3.88. The van der Waals surface area contributed by atoms with Gasteiger partial charge in [0.2, 0.25) is 0 Å². The Bertz CT molecular complexity index is 505. The highest BCUT2D eigenvalue weighted by Crippen LogP contribution is 2.29. The monoisotopic (exact) mass is 247 g/mol. The lowest BCUT2D eigenvalue weighted by Crippen LogP contribution is -2.05. The van der Waals surface area contributed by atoms with Crippen molar-refractivity contribution >= 4 is 17.2 Å². The summed E-state index contributed by atoms with van der Waals surface area (Å²) in [6.07, 6.45) is 2.58. The van der Waals surface area contributed by atoms with Crippen molar-refractivity contribution < 1.29 is 0 Å². The molecule has 1 N–H and O–H groups in total. The van der Waals surface area contributed by atoms with E-state index in [1.807, 2.05) is 0 Å². The Balaban J connectivity index is 2.49. The van der Waals surface area contributed by atoms with E-state index < -0.39 is 0 Å². The second-order valence-corrected chi connectivity index (χ2v) is 4.99. The molecule has 0 amide bonds. The molecule has 0 aliphatic rings. The summed E-state index contributed by atoms with van der Waals surface area (Å²) in [6, 6.07) is 2.18. The third-order valence-electron chi connectivity index (χ3n) is 2.65. The normalized spacial score (nSPS) is 10.5. The number of aromatic nitrogens is 2. The Morgan fingerprint density at radius 2 is 2.12 bits per heavy atom. The molecule has 90 valence electrons. The fraction of sp³-hybridized carbons (Fsp3) is 0.385. The van der Waals surface area contributed by atoms with Crippen molar-refractivity contribution in [3.05, 3.63) is 28.2 Å². The summed E-state index contributed by atoms with van der Waals surface area (Å²) >= 11 is 1.76. The molecule has 4 heteroatoms. The fourth-order valence-electron chi connectivity index (χ4n) is 1.88. The minimum Gasteiger partial charge on any atom is -0.370 e. The number of rotatable bonds is 4. The van der Waals surface area contributed by atoms with E-state index in [-0.39, 0.29) is 0 Å². The Labute approximate surface area is 106 Å². The average Bonchev–Trinajstić information content (AvgIpc) is 2.76. The molecule has 0 bridgehead atoms. The van der Waals surface area contributed by atoms with Crippen LogP contribution in [0.15, 0.2) is 17.8 Å². The SMILES string of the molecule is CCNc1ncnc(-c2csc(C)c2)c1CC. The van der Waals surface area contributed by atoms with E-state index in [0.717, 1.165) is 24.5 Å². The van der Waals surface area contributed by atoms with E-state index >= 15 is 0 Å². The van der Waals surface area contributed by atoms with Gasteiger partial charge < -0.3 is 5.32 Å². The van der Waals surface area contributed by atoms with Gasteiger partial charge in [0.25, 0.3) is 0 Å². The summed E-state index contributed by atoms with van der Waals surface area (Å²) in [5, 5.41) is 5.46. The Morgan fingerprint density at radius 3 is 2.71 bits per heavy atom. The molecule has 0 saturated carbocycles. The molecule has 0 unspecified atom stereocenters. The number of hydrogen-bond donors (Lipinski definition) is 1. The van der Waals surface area contributed by atoms with Crippen molar-refractivity contribution in [1.29, 1.82) is 0 Å². The molecule has 0 aromatic carbocycles. The van der Waals surface area contributed by atoms with Crippen LogP contribution in [0.1, 0.15) is 24.3 Å². The topological polar surface area (TPSA) is 37.8 Å². The molecule has 0 radical (unpaired) electrons. The highest BCUT2D eigenvalue weighted by atomic mass is 32.1. The van der Waals surface area contributed by atoms with E-state index in [0.29, 0.717) is 0 Å². The van der Waals surface area contributed by atoms with Gasteiger partial charge in [0, 0.05) is 27.9 Å². The van der Waals surface area contributed by atoms with E-state index in [1.165, 1.54) is 16.0 Å². The number of nitrogens with zero attached hydrogens (tertiary/aromatic N) is 2. The van der Waals surface area contributed by atoms with Crippen LogP contribution in [0, 0.1) is 6.92 Å². The standard InChI is InChI=1S/C13H17N3S/c1-4-11-12(10-6-9(3)17-7-10)15-8-16-13(11)14-5-2/h6-8H,4-5H2,1-3H3,(H,14,15,16). The van der Waals surface area contributed by atoms with Crippen LogP contribution in [0.2, 0.25) is 0 Å². The highest BCUT2D eigenvalue weighted by molar-refractivity contribution is 7.10. The Hall–Kier alpha value is -1.42. The summed E-state index contributed by atoms with van der Waals surface area (Å²) in [4.78, 5) is 10.1. The minimum atomic E-state index is 0.881. The summed E-state index contributed by atoms with van der Waals surface area (Å²) in [6.45, 7) is 7.22. The first-order valence-corrected chi connectivity index (χ1v) is 6.77. The molecule has 0 aliphatic carbocycles. The first kappa shape index (κ1) is 12.0. The molecular weight excluding hydrogens is 230 g/mol. The fourth-order valence-corrected chi connectivity index (χ4v) is 2.57. The van der Waals surface area contributed by atoms with Gasteiger partial charge in [-0.05, 0) is 26.3 Å². The smallest absolute Gasteiger partial charge is 0.133 e. The number of aryl methyl sites for hydroxylation is 1. The zero-order valence-corrected chi connectivity index (χ0v) is 11.3. The van der Waals surface area contributed by atoms with Crippen molar-refractivity contribution in [2.75, 3.05) is 11.9 Å². The van der Waals surface area contributed by atoms with Gasteiger partial charge in [-0.15, -0.1) is 11.3 Å². The maximum Gasteiger partial charge on any atom is 0.133 e. The third kappa shape index (κ3) is 2.47. The molecule has 3 nitrogen and oxygen atoms in total. The lowest BCUT2D eigenvalue weighted by atomic mass is 10.1. The number of hydrogen-bond acceptors (Lipinski definition) is 4. The van der Waals surface area contributed by atoms with Crippen molar-refractivity contribution in [3.8, 4) is 11.3 Å². The van der Waals surface area contributed by atoms with Crippen LogP contribution in [-0.2, 0) is 6.42 Å². The van der Waals surface area contributed by atoms with Crippen LogP contribution in [-0.4, -0.2) is 16.5 Å². The van der Waals surface area contributed by atoms with Gasteiger partial charge in [0.1, 0.15) is 12.1 Å². The van der Waals surface area contributed by atoms with Crippen LogP contribution in [0.25, 0.3) is 11.3 Å². The van der Waals surface area contributed by atoms with Gasteiger partial charge >= 0.3 is 0 Å². The summed E-state index contributed by atoms with van der Waals surface area (Å²) in [5.74, 6) is 0.962. The van der Waals surface area contributed by atoms with E-state index in [4.69, 9.17) is 0 Å². The lowest BCUT2D eigenvalue weighted by molar-refractivity contribution is 1.03. The number of thiophene rings is 1. The third-order valence-corrected chi connectivity index (χ3v) is 3.51. The first-order valence-electron chi connectivity index (χ1n) is 5.89. The molecule has 2 rings (SSSR count). The lowest BCUT2D eigenvalue weighted by Gasteiger charge is -2.11. The van der Waals surface area contributed by atoms with Crippen molar-refractivity contribution in [1.82, 2.24) is 9.97 Å². The highest BCUT2D eigenvalue weighted by Gasteiger charge is 2.11. The number of nitrogens with one attached hydrogen (secondary N) is 1. The molecule has 0 saturated heterocycles. The molecule has 2 aromatic heterocycles. The van der Waals surface area contributed by atoms with Gasteiger partial charge in [0.15, 0.2) is 0 Å². The van der Waals surface area contributed by atoms with Crippen molar-refractivity contribution in [2.24, 2.45) is 0 Å². The molecule has 2 heterocycles. The molecule has 0 aliphatic heterocycles. The van der Waals surface area contributed by atoms with Crippen LogP contribution in [0.4, 0.5) is 5.82 Å². The van der Waals surface area contributed by atoms with Gasteiger partial charge in [-0.25, -0.2) is 9.97 Å². The predicted octanol–water partition coefficient (Wildman–Crippen LogP) is 3.51. The zero-order valence-electron chi connectivity index (χ0n) is 10.4. The summed E-state index contributed by atoms with van der Waals surface area (Å²) in [5.41, 5.74) is 3.46. The quantitative estimate of drug-likeness (QED) is 0.898. The Morgan fingerprint density at radius 1 is 1.29 bits per heavy atom. The number of anilines is 1. The zero-order chi connectivity index (χ0) is 12.3. The van der Waals surface area contributed by atoms with Gasteiger partial charge in [0.05, 0.1) is 5.69 Å². The van der Waals surface area contributed by atoms with Crippen molar-refractivity contribution in [2.45, 2.75) is 27.2 Å². The van der Waals surface area contributed by atoms with Crippen LogP contribution in [0.5, 0.6) is 0 Å². The van der Waals surface area contributed by atoms with Crippen molar-refractivity contribution in [3.63, 3.8) is 0 Å². The molecule has 17 heavy (non-hydrogen) atoms. The van der Waals surface area contributed by atoms with Gasteiger partial charge in [-0.3, -0.25) is 0 Å². The van der Waals surface area contributed by atoms with Crippen LogP contribution >= 0.6 is 11.3 Å². The molecule has 0 fully saturated rings. The molecule has 2 aromatic rings. The first-order chi connectivity index (χ1) is 8.26. The van der Waals surface area contributed by atoms with E-state index in [9.17, 15) is 0 Å². The predicted molar refractivity (Wildman–Crippen MR) is 73.6 cm³/mol. The van der Waals surface area contributed by atoms with Crippen LogP contribution < -0.4 is 5.32 Å². The Kier molecular flexibility index (Phi) is 3.74. The van der Waals surface area contributed by atoms with Gasteiger partial charge in [-0.1, -0.05) is 6.92 Å². The maximum atomic E-state index is 4.43. The van der Waals surface area contributed by atoms with Crippen LogP contribution in [0.3, 0.4) is 0 Å². The van der Waals surface area contributed by atoms with E-state index in [2.05, 4.69) is 47.5 Å². The van der Waals surface area contributed by atoms with E-state index in [1.54, 1.807) is 17.7 Å². The largest absolute Gasteiger partial charge is 0.370 e. The van der Waals surface area contributed by atoms with Gasteiger partial charge in [-0.2, -0.15) is 0 Å².